The van der Waals surface area contributed by atoms with E-state index in [1.807, 2.05) is 6.92 Å². The van der Waals surface area contributed by atoms with Gasteiger partial charge in [-0.15, -0.1) is 0 Å². The molecule has 190 valence electrons. The van der Waals surface area contributed by atoms with Gasteiger partial charge in [0.25, 0.3) is 10.0 Å². The van der Waals surface area contributed by atoms with Gasteiger partial charge in [0.15, 0.2) is 0 Å². The number of benzene rings is 3. The van der Waals surface area contributed by atoms with Crippen molar-refractivity contribution in [1.29, 1.82) is 0 Å². The van der Waals surface area contributed by atoms with E-state index in [0.717, 1.165) is 32.5 Å². The number of carbonyl (C=O) groups excluding carboxylic acids is 1. The molecule has 1 fully saturated rings. The van der Waals surface area contributed by atoms with Crippen molar-refractivity contribution in [3.8, 4) is 5.75 Å². The Bertz CT molecular complexity index is 1270. The van der Waals surface area contributed by atoms with Gasteiger partial charge in [-0.2, -0.15) is 0 Å². The van der Waals surface area contributed by atoms with E-state index < -0.39 is 10.0 Å². The molecule has 1 amide bonds. The fraction of sp³-hybridized carbons (Fsp3) is 0.321. The standard InChI is InChI=1S/C28H33N3O4S/c1-3-35-26-12-8-25(9-13-26)30-36(33,34)27-14-10-24(11-15-27)29-28(32)22-16-18-31(19-17-22)20-23-7-5-4-6-21(23)2/h4-15,22,30H,3,16-20H2,1-2H3,(H,29,32). The predicted molar refractivity (Wildman–Crippen MR) is 143 cm³/mol. The number of likely N-dealkylation sites (tertiary alicyclic amines) is 1. The van der Waals surface area contributed by atoms with E-state index in [9.17, 15) is 13.2 Å². The van der Waals surface area contributed by atoms with Crippen LogP contribution in [0.4, 0.5) is 11.4 Å². The molecule has 2 N–H and O–H groups in total. The summed E-state index contributed by atoms with van der Waals surface area (Å²) in [4.78, 5) is 15.3. The molecule has 0 saturated carbocycles. The first-order valence-electron chi connectivity index (χ1n) is 12.3. The van der Waals surface area contributed by atoms with Crippen molar-refractivity contribution >= 4 is 27.3 Å². The highest BCUT2D eigenvalue weighted by Gasteiger charge is 2.25. The fourth-order valence-electron chi connectivity index (χ4n) is 4.34. The van der Waals surface area contributed by atoms with Crippen molar-refractivity contribution in [3.63, 3.8) is 0 Å². The van der Waals surface area contributed by atoms with E-state index >= 15 is 0 Å². The van der Waals surface area contributed by atoms with E-state index in [0.29, 0.717) is 23.7 Å². The molecule has 1 aliphatic rings. The van der Waals surface area contributed by atoms with Gasteiger partial charge >= 0.3 is 0 Å². The summed E-state index contributed by atoms with van der Waals surface area (Å²) in [6.45, 7) is 7.21. The molecule has 36 heavy (non-hydrogen) atoms. The monoisotopic (exact) mass is 507 g/mol. The zero-order valence-corrected chi connectivity index (χ0v) is 21.6. The third kappa shape index (κ3) is 6.65. The van der Waals surface area contributed by atoms with Crippen LogP contribution in [-0.2, 0) is 21.4 Å². The minimum atomic E-state index is -3.75. The summed E-state index contributed by atoms with van der Waals surface area (Å²) in [7, 11) is -3.75. The van der Waals surface area contributed by atoms with Crippen molar-refractivity contribution in [2.45, 2.75) is 38.1 Å². The summed E-state index contributed by atoms with van der Waals surface area (Å²) in [5.74, 6) is 0.606. The smallest absolute Gasteiger partial charge is 0.261 e. The van der Waals surface area contributed by atoms with Crippen LogP contribution < -0.4 is 14.8 Å². The molecule has 1 aliphatic heterocycles. The van der Waals surface area contributed by atoms with Crippen LogP contribution in [0.2, 0.25) is 0 Å². The van der Waals surface area contributed by atoms with Gasteiger partial charge in [0.1, 0.15) is 5.75 Å². The third-order valence-electron chi connectivity index (χ3n) is 6.46. The van der Waals surface area contributed by atoms with Gasteiger partial charge in [0.05, 0.1) is 11.5 Å². The molecule has 0 radical (unpaired) electrons. The zero-order chi connectivity index (χ0) is 25.5. The summed E-state index contributed by atoms with van der Waals surface area (Å²) in [5.41, 5.74) is 3.65. The molecule has 0 atom stereocenters. The molecule has 7 nitrogen and oxygen atoms in total. The highest BCUT2D eigenvalue weighted by molar-refractivity contribution is 7.92. The van der Waals surface area contributed by atoms with Crippen molar-refractivity contribution in [3.05, 3.63) is 83.9 Å². The van der Waals surface area contributed by atoms with Crippen LogP contribution in [0.1, 0.15) is 30.9 Å². The molecule has 8 heteroatoms. The number of aryl methyl sites for hydroxylation is 1. The Morgan fingerprint density at radius 3 is 2.22 bits per heavy atom. The first-order valence-corrected chi connectivity index (χ1v) is 13.8. The third-order valence-corrected chi connectivity index (χ3v) is 7.86. The molecular weight excluding hydrogens is 474 g/mol. The summed E-state index contributed by atoms with van der Waals surface area (Å²) < 4.78 is 33.4. The topological polar surface area (TPSA) is 87.7 Å². The molecule has 1 heterocycles. The summed E-state index contributed by atoms with van der Waals surface area (Å²) in [6, 6.07) is 21.4. The molecule has 0 aromatic heterocycles. The highest BCUT2D eigenvalue weighted by Crippen LogP contribution is 2.24. The van der Waals surface area contributed by atoms with Crippen LogP contribution >= 0.6 is 0 Å². The Kier molecular flexibility index (Phi) is 8.28. The molecule has 0 spiro atoms. The van der Waals surface area contributed by atoms with Crippen LogP contribution in [0.25, 0.3) is 0 Å². The van der Waals surface area contributed by atoms with Gasteiger partial charge in [-0.25, -0.2) is 8.42 Å². The Balaban J connectivity index is 1.29. The molecule has 0 unspecified atom stereocenters. The molecule has 0 aliphatic carbocycles. The van der Waals surface area contributed by atoms with Gasteiger partial charge < -0.3 is 10.1 Å². The second kappa shape index (κ2) is 11.6. The van der Waals surface area contributed by atoms with Crippen LogP contribution in [0.15, 0.2) is 77.7 Å². The van der Waals surface area contributed by atoms with E-state index in [-0.39, 0.29) is 16.7 Å². The average molecular weight is 508 g/mol. The molecule has 1 saturated heterocycles. The van der Waals surface area contributed by atoms with Gasteiger partial charge in [-0.3, -0.25) is 14.4 Å². The van der Waals surface area contributed by atoms with E-state index in [1.165, 1.54) is 23.3 Å². The SMILES string of the molecule is CCOc1ccc(NS(=O)(=O)c2ccc(NC(=O)C3CCN(Cc4ccccc4C)CC3)cc2)cc1. The molecular formula is C28H33N3O4S. The lowest BCUT2D eigenvalue weighted by Crippen LogP contribution is -2.37. The van der Waals surface area contributed by atoms with Crippen LogP contribution in [0.3, 0.4) is 0 Å². The Hall–Kier alpha value is -3.36. The molecule has 0 bridgehead atoms. The number of carbonyl (C=O) groups is 1. The largest absolute Gasteiger partial charge is 0.494 e. The van der Waals surface area contributed by atoms with Crippen molar-refractivity contribution < 1.29 is 17.9 Å². The maximum Gasteiger partial charge on any atom is 0.261 e. The maximum absolute atomic E-state index is 12.8. The number of rotatable bonds is 9. The van der Waals surface area contributed by atoms with Gasteiger partial charge in [-0.05, 0) is 99.4 Å². The second-order valence-corrected chi connectivity index (χ2v) is 10.7. The summed E-state index contributed by atoms with van der Waals surface area (Å²) >= 11 is 0. The molecule has 4 rings (SSSR count). The first-order chi connectivity index (χ1) is 17.3. The quantitative estimate of drug-likeness (QED) is 0.423. The number of sulfonamides is 1. The lowest BCUT2D eigenvalue weighted by molar-refractivity contribution is -0.121. The Morgan fingerprint density at radius 1 is 0.944 bits per heavy atom. The van der Waals surface area contributed by atoms with Crippen LogP contribution in [0, 0.1) is 12.8 Å². The number of hydrogen-bond donors (Lipinski definition) is 2. The summed E-state index contributed by atoms with van der Waals surface area (Å²) in [5, 5.41) is 2.95. The normalized spacial score (nSPS) is 14.8. The maximum atomic E-state index is 12.8. The number of nitrogens with zero attached hydrogens (tertiary/aromatic N) is 1. The minimum absolute atomic E-state index is 0.0198. The minimum Gasteiger partial charge on any atom is -0.494 e. The number of amides is 1. The van der Waals surface area contributed by atoms with Crippen LogP contribution in [-0.4, -0.2) is 38.9 Å². The Morgan fingerprint density at radius 2 is 1.58 bits per heavy atom. The Labute approximate surface area is 213 Å². The predicted octanol–water partition coefficient (Wildman–Crippen LogP) is 5.05. The summed E-state index contributed by atoms with van der Waals surface area (Å²) in [6.07, 6.45) is 1.60. The van der Waals surface area contributed by atoms with E-state index in [1.54, 1.807) is 36.4 Å². The van der Waals surface area contributed by atoms with Gasteiger partial charge in [0.2, 0.25) is 5.91 Å². The number of anilines is 2. The lowest BCUT2D eigenvalue weighted by atomic mass is 9.95. The van der Waals surface area contributed by atoms with Gasteiger partial charge in [-0.1, -0.05) is 24.3 Å². The van der Waals surface area contributed by atoms with E-state index in [4.69, 9.17) is 4.74 Å². The number of hydrogen-bond acceptors (Lipinski definition) is 5. The van der Waals surface area contributed by atoms with Gasteiger partial charge in [0, 0.05) is 23.8 Å². The van der Waals surface area contributed by atoms with Crippen molar-refractivity contribution in [2.24, 2.45) is 5.92 Å². The fourth-order valence-corrected chi connectivity index (χ4v) is 5.40. The number of piperidine rings is 1. The van der Waals surface area contributed by atoms with Crippen molar-refractivity contribution in [1.82, 2.24) is 4.90 Å². The van der Waals surface area contributed by atoms with Crippen LogP contribution in [0.5, 0.6) is 5.75 Å². The number of nitrogens with one attached hydrogen (secondary N) is 2. The first kappa shape index (κ1) is 25.7. The molecule has 3 aromatic rings. The highest BCUT2D eigenvalue weighted by atomic mass is 32.2. The lowest BCUT2D eigenvalue weighted by Gasteiger charge is -2.31. The average Bonchev–Trinajstić information content (AvgIpc) is 2.87. The zero-order valence-electron chi connectivity index (χ0n) is 20.7. The van der Waals surface area contributed by atoms with E-state index in [2.05, 4.69) is 46.1 Å². The second-order valence-electron chi connectivity index (χ2n) is 9.05. The number of ether oxygens (including phenoxy) is 1. The molecule has 3 aromatic carbocycles. The van der Waals surface area contributed by atoms with Crippen molar-refractivity contribution in [2.75, 3.05) is 29.7 Å².